The number of likely N-dealkylation sites (tertiary alicyclic amines) is 1. The Hall–Kier alpha value is -3.22. The van der Waals surface area contributed by atoms with Gasteiger partial charge >= 0.3 is 0 Å². The number of fused-ring (bicyclic) bond motifs is 1. The van der Waals surface area contributed by atoms with E-state index in [2.05, 4.69) is 5.32 Å². The molecule has 1 atom stereocenters. The Morgan fingerprint density at radius 1 is 1.17 bits per heavy atom. The highest BCUT2D eigenvalue weighted by molar-refractivity contribution is 5.98. The summed E-state index contributed by atoms with van der Waals surface area (Å²) in [6, 6.07) is 12.4. The number of para-hydroxylation sites is 1. The Morgan fingerprint density at radius 3 is 2.79 bits per heavy atom. The predicted molar refractivity (Wildman–Crippen MR) is 107 cm³/mol. The molecule has 0 aliphatic carbocycles. The minimum Gasteiger partial charge on any atom is -0.497 e. The molecule has 2 aliphatic heterocycles. The van der Waals surface area contributed by atoms with Crippen molar-refractivity contribution in [1.29, 1.82) is 0 Å². The van der Waals surface area contributed by atoms with Crippen LogP contribution in [0.2, 0.25) is 0 Å². The molecular weight excluding hydrogens is 372 g/mol. The second-order valence-corrected chi connectivity index (χ2v) is 7.36. The summed E-state index contributed by atoms with van der Waals surface area (Å²) < 4.78 is 17.0. The smallest absolute Gasteiger partial charge is 0.257 e. The Labute approximate surface area is 169 Å². The van der Waals surface area contributed by atoms with Crippen LogP contribution in [0.3, 0.4) is 0 Å². The van der Waals surface area contributed by atoms with Gasteiger partial charge in [0.1, 0.15) is 22.8 Å². The molecule has 0 saturated carbocycles. The van der Waals surface area contributed by atoms with Crippen molar-refractivity contribution in [2.45, 2.75) is 18.4 Å². The topological polar surface area (TPSA) is 77.1 Å². The van der Waals surface area contributed by atoms with Gasteiger partial charge in [0.15, 0.2) is 0 Å². The van der Waals surface area contributed by atoms with E-state index in [9.17, 15) is 9.59 Å². The van der Waals surface area contributed by atoms with Gasteiger partial charge in [-0.3, -0.25) is 9.59 Å². The molecule has 1 saturated heterocycles. The number of nitrogens with zero attached hydrogens (tertiary/aromatic N) is 1. The van der Waals surface area contributed by atoms with E-state index in [0.717, 1.165) is 12.8 Å². The van der Waals surface area contributed by atoms with E-state index in [-0.39, 0.29) is 11.8 Å². The maximum absolute atomic E-state index is 13.3. The van der Waals surface area contributed by atoms with Crippen LogP contribution in [0.4, 0.5) is 0 Å². The second-order valence-electron chi connectivity index (χ2n) is 7.36. The van der Waals surface area contributed by atoms with Crippen LogP contribution in [0.15, 0.2) is 42.5 Å². The molecule has 0 radical (unpaired) electrons. The predicted octanol–water partition coefficient (Wildman–Crippen LogP) is 2.50. The molecule has 7 nitrogen and oxygen atoms in total. The van der Waals surface area contributed by atoms with Gasteiger partial charge < -0.3 is 24.4 Å². The number of carbonyl (C=O) groups is 2. The summed E-state index contributed by atoms with van der Waals surface area (Å²) in [5, 5.41) is 2.96. The van der Waals surface area contributed by atoms with E-state index in [1.807, 2.05) is 12.1 Å². The van der Waals surface area contributed by atoms with Gasteiger partial charge in [0, 0.05) is 12.6 Å². The number of methoxy groups -OCH3 is 2. The third-order valence-electron chi connectivity index (χ3n) is 5.50. The third kappa shape index (κ3) is 3.60. The Balaban J connectivity index is 1.60. The van der Waals surface area contributed by atoms with Crippen LogP contribution in [0, 0.1) is 0 Å². The Kier molecular flexibility index (Phi) is 5.05. The molecule has 2 amide bonds. The molecule has 2 aromatic carbocycles. The monoisotopic (exact) mass is 396 g/mol. The molecule has 29 heavy (non-hydrogen) atoms. The van der Waals surface area contributed by atoms with Gasteiger partial charge in [0.05, 0.1) is 38.4 Å². The fraction of sp³-hybridized carbons (Fsp3) is 0.364. The molecule has 2 aliphatic rings. The first-order chi connectivity index (χ1) is 14.0. The number of ether oxygens (including phenoxy) is 3. The lowest BCUT2D eigenvalue weighted by Gasteiger charge is -2.42. The van der Waals surface area contributed by atoms with Crippen LogP contribution in [0.25, 0.3) is 0 Å². The zero-order chi connectivity index (χ0) is 20.4. The molecule has 1 fully saturated rings. The van der Waals surface area contributed by atoms with Crippen LogP contribution in [0.5, 0.6) is 17.2 Å². The molecule has 1 N–H and O–H groups in total. The Bertz CT molecular complexity index is 945. The maximum Gasteiger partial charge on any atom is 0.257 e. The Morgan fingerprint density at radius 2 is 2.00 bits per heavy atom. The lowest BCUT2D eigenvalue weighted by atomic mass is 9.91. The van der Waals surface area contributed by atoms with Gasteiger partial charge in [-0.1, -0.05) is 12.1 Å². The van der Waals surface area contributed by atoms with Gasteiger partial charge in [-0.05, 0) is 37.1 Å². The number of carbonyl (C=O) groups excluding carboxylic acids is 2. The van der Waals surface area contributed by atoms with E-state index in [4.69, 9.17) is 14.2 Å². The number of hydrogen-bond acceptors (Lipinski definition) is 5. The lowest BCUT2D eigenvalue weighted by Crippen LogP contribution is -2.57. The van der Waals surface area contributed by atoms with Gasteiger partial charge in [-0.15, -0.1) is 0 Å². The molecule has 1 spiro atoms. The summed E-state index contributed by atoms with van der Waals surface area (Å²) in [6.07, 6.45) is 1.54. The fourth-order valence-corrected chi connectivity index (χ4v) is 3.99. The van der Waals surface area contributed by atoms with Crippen molar-refractivity contribution in [2.75, 3.05) is 33.9 Å². The number of hydrogen-bond donors (Lipinski definition) is 1. The van der Waals surface area contributed by atoms with Gasteiger partial charge in [-0.25, -0.2) is 0 Å². The summed E-state index contributed by atoms with van der Waals surface area (Å²) >= 11 is 0. The van der Waals surface area contributed by atoms with E-state index in [1.165, 1.54) is 7.11 Å². The van der Waals surface area contributed by atoms with Crippen molar-refractivity contribution in [1.82, 2.24) is 10.2 Å². The van der Waals surface area contributed by atoms with E-state index < -0.39 is 5.60 Å². The van der Waals surface area contributed by atoms with Crippen molar-refractivity contribution >= 4 is 11.8 Å². The highest BCUT2D eigenvalue weighted by Gasteiger charge is 2.42. The summed E-state index contributed by atoms with van der Waals surface area (Å²) in [7, 11) is 3.10. The normalized spacial score (nSPS) is 20.9. The van der Waals surface area contributed by atoms with Crippen LogP contribution in [-0.4, -0.2) is 56.2 Å². The first-order valence-electron chi connectivity index (χ1n) is 9.63. The van der Waals surface area contributed by atoms with Crippen molar-refractivity contribution in [3.05, 3.63) is 53.6 Å². The maximum atomic E-state index is 13.3. The minimum absolute atomic E-state index is 0.129. The lowest BCUT2D eigenvalue weighted by molar-refractivity contribution is -0.000972. The third-order valence-corrected chi connectivity index (χ3v) is 5.50. The van der Waals surface area contributed by atoms with Crippen molar-refractivity contribution in [3.63, 3.8) is 0 Å². The molecule has 7 heteroatoms. The van der Waals surface area contributed by atoms with Crippen LogP contribution in [-0.2, 0) is 0 Å². The fourth-order valence-electron chi connectivity index (χ4n) is 3.99. The summed E-state index contributed by atoms with van der Waals surface area (Å²) in [5.74, 6) is 1.36. The summed E-state index contributed by atoms with van der Waals surface area (Å²) in [5.41, 5.74) is 0.337. The van der Waals surface area contributed by atoms with Gasteiger partial charge in [-0.2, -0.15) is 0 Å². The van der Waals surface area contributed by atoms with E-state index in [1.54, 1.807) is 42.3 Å². The highest BCUT2D eigenvalue weighted by atomic mass is 16.5. The first kappa shape index (κ1) is 19.1. The molecule has 2 aromatic rings. The quantitative estimate of drug-likeness (QED) is 0.863. The van der Waals surface area contributed by atoms with Crippen LogP contribution in [0.1, 0.15) is 33.6 Å². The molecular formula is C22H24N2O5. The summed E-state index contributed by atoms with van der Waals surface area (Å²) in [4.78, 5) is 27.4. The van der Waals surface area contributed by atoms with E-state index >= 15 is 0 Å². The average Bonchev–Trinajstić information content (AvgIpc) is 2.89. The van der Waals surface area contributed by atoms with Crippen molar-refractivity contribution < 1.29 is 23.8 Å². The standard InChI is InChI=1S/C22H24N2O5/c1-27-15-8-9-17(19(12-15)28-2)21(26)24-11-5-10-22(14-24)13-23-20(25)16-6-3-4-7-18(16)29-22/h3-4,6-9,12H,5,10-11,13-14H2,1-2H3,(H,23,25). The zero-order valence-electron chi connectivity index (χ0n) is 16.6. The number of amides is 2. The molecule has 152 valence electrons. The molecule has 0 bridgehead atoms. The first-order valence-corrected chi connectivity index (χ1v) is 9.63. The minimum atomic E-state index is -0.657. The zero-order valence-corrected chi connectivity index (χ0v) is 16.6. The molecule has 4 rings (SSSR count). The van der Waals surface area contributed by atoms with Gasteiger partial charge in [0.2, 0.25) is 0 Å². The summed E-state index contributed by atoms with van der Waals surface area (Å²) in [6.45, 7) is 1.36. The molecule has 2 heterocycles. The number of nitrogens with one attached hydrogen (secondary N) is 1. The van der Waals surface area contributed by atoms with E-state index in [0.29, 0.717) is 48.0 Å². The van der Waals surface area contributed by atoms with Crippen molar-refractivity contribution in [3.8, 4) is 17.2 Å². The molecule has 0 aromatic heterocycles. The second kappa shape index (κ2) is 7.66. The van der Waals surface area contributed by atoms with Crippen molar-refractivity contribution in [2.24, 2.45) is 0 Å². The average molecular weight is 396 g/mol. The SMILES string of the molecule is COc1ccc(C(=O)N2CCCC3(CNC(=O)c4ccccc4O3)C2)c(OC)c1. The van der Waals surface area contributed by atoms with Crippen LogP contribution < -0.4 is 19.5 Å². The highest BCUT2D eigenvalue weighted by Crippen LogP contribution is 2.33. The number of benzene rings is 2. The largest absolute Gasteiger partial charge is 0.497 e. The van der Waals surface area contributed by atoms with Gasteiger partial charge in [0.25, 0.3) is 11.8 Å². The molecule has 1 unspecified atom stereocenters. The number of rotatable bonds is 3. The number of piperidine rings is 1. The van der Waals surface area contributed by atoms with Crippen LogP contribution >= 0.6 is 0 Å².